The number of likely N-dealkylation sites (N-methyl/N-ethyl adjacent to an activating group) is 1. The van der Waals surface area contributed by atoms with Crippen LogP contribution in [0, 0.1) is 11.8 Å². The van der Waals surface area contributed by atoms with Crippen molar-refractivity contribution >= 4 is 0 Å². The van der Waals surface area contributed by atoms with Gasteiger partial charge in [0, 0.05) is 12.5 Å². The van der Waals surface area contributed by atoms with Crippen molar-refractivity contribution in [3.05, 3.63) is 35.4 Å². The summed E-state index contributed by atoms with van der Waals surface area (Å²) in [7, 11) is 0. The summed E-state index contributed by atoms with van der Waals surface area (Å²) in [6.45, 7) is 4.57. The number of hydrogen-bond donors (Lipinski definition) is 1. The predicted molar refractivity (Wildman–Crippen MR) is 75.3 cm³/mol. The fraction of sp³-hybridized carbons (Fsp3) is 0.500. The summed E-state index contributed by atoms with van der Waals surface area (Å²) in [5, 5.41) is 3.30. The van der Waals surface area contributed by atoms with Crippen LogP contribution in [0.2, 0.25) is 0 Å². The fourth-order valence-corrected chi connectivity index (χ4v) is 2.10. The van der Waals surface area contributed by atoms with Crippen LogP contribution < -0.4 is 5.32 Å². The monoisotopic (exact) mass is 283 g/mol. The smallest absolute Gasteiger partial charge is 0.314 e. The van der Waals surface area contributed by atoms with E-state index in [0.29, 0.717) is 12.0 Å². The summed E-state index contributed by atoms with van der Waals surface area (Å²) < 4.78 is 38.0. The van der Waals surface area contributed by atoms with Crippen LogP contribution >= 0.6 is 0 Å². The van der Waals surface area contributed by atoms with Crippen molar-refractivity contribution in [3.63, 3.8) is 0 Å². The van der Waals surface area contributed by atoms with Crippen LogP contribution in [0.15, 0.2) is 24.3 Å². The maximum Gasteiger partial charge on any atom is 0.416 e. The van der Waals surface area contributed by atoms with Gasteiger partial charge in [-0.3, -0.25) is 0 Å². The number of rotatable bonds is 6. The zero-order valence-corrected chi connectivity index (χ0v) is 11.8. The molecule has 0 aromatic heterocycles. The summed E-state index contributed by atoms with van der Waals surface area (Å²) >= 11 is 0. The van der Waals surface area contributed by atoms with Crippen molar-refractivity contribution in [1.29, 1.82) is 0 Å². The maximum absolute atomic E-state index is 12.7. The molecule has 0 bridgehead atoms. The highest BCUT2D eigenvalue weighted by molar-refractivity contribution is 5.26. The summed E-state index contributed by atoms with van der Waals surface area (Å²) in [5.41, 5.74) is 0.119. The van der Waals surface area contributed by atoms with Gasteiger partial charge in [0.1, 0.15) is 0 Å². The molecule has 0 heterocycles. The molecule has 1 aromatic rings. The van der Waals surface area contributed by atoms with E-state index in [1.165, 1.54) is 12.1 Å². The third-order valence-electron chi connectivity index (χ3n) is 3.02. The van der Waals surface area contributed by atoms with Crippen LogP contribution in [0.4, 0.5) is 13.2 Å². The third kappa shape index (κ3) is 5.66. The van der Waals surface area contributed by atoms with E-state index in [-0.39, 0.29) is 6.04 Å². The van der Waals surface area contributed by atoms with Crippen molar-refractivity contribution in [1.82, 2.24) is 5.32 Å². The minimum Gasteiger partial charge on any atom is -0.314 e. The number of halogens is 3. The summed E-state index contributed by atoms with van der Waals surface area (Å²) in [6, 6.07) is 5.70. The summed E-state index contributed by atoms with van der Waals surface area (Å²) in [5.74, 6) is 5.82. The molecule has 1 aromatic carbocycles. The lowest BCUT2D eigenvalue weighted by Crippen LogP contribution is -2.30. The topological polar surface area (TPSA) is 12.0 Å². The van der Waals surface area contributed by atoms with E-state index in [2.05, 4.69) is 17.2 Å². The van der Waals surface area contributed by atoms with Crippen LogP contribution in [-0.2, 0) is 12.6 Å². The molecule has 0 aliphatic carbocycles. The minimum absolute atomic E-state index is 0.157. The average Bonchev–Trinajstić information content (AvgIpc) is 2.38. The second kappa shape index (κ2) is 7.96. The predicted octanol–water partition coefficient (Wildman–Crippen LogP) is 4.03. The molecule has 1 rings (SSSR count). The number of alkyl halides is 3. The first-order chi connectivity index (χ1) is 9.47. The second-order valence-electron chi connectivity index (χ2n) is 4.62. The summed E-state index contributed by atoms with van der Waals surface area (Å²) in [6.07, 6.45) is -2.10. The number of hydrogen-bond acceptors (Lipinski definition) is 1. The van der Waals surface area contributed by atoms with Crippen LogP contribution in [0.5, 0.6) is 0 Å². The molecule has 0 aliphatic rings. The van der Waals surface area contributed by atoms with Crippen molar-refractivity contribution in [2.45, 2.75) is 45.3 Å². The van der Waals surface area contributed by atoms with Gasteiger partial charge in [0.25, 0.3) is 0 Å². The zero-order valence-electron chi connectivity index (χ0n) is 11.8. The van der Waals surface area contributed by atoms with Gasteiger partial charge in [-0.25, -0.2) is 0 Å². The Bertz CT molecular complexity index is 469. The molecule has 4 heteroatoms. The Hall–Kier alpha value is -1.47. The Morgan fingerprint density at radius 3 is 2.65 bits per heavy atom. The third-order valence-corrected chi connectivity index (χ3v) is 3.02. The lowest BCUT2D eigenvalue weighted by Gasteiger charge is -2.17. The van der Waals surface area contributed by atoms with E-state index >= 15 is 0 Å². The first-order valence-electron chi connectivity index (χ1n) is 6.76. The highest BCUT2D eigenvalue weighted by Crippen LogP contribution is 2.29. The minimum atomic E-state index is -4.28. The lowest BCUT2D eigenvalue weighted by atomic mass is 10.00. The zero-order chi connectivity index (χ0) is 15.0. The van der Waals surface area contributed by atoms with Gasteiger partial charge in [-0.05, 0) is 37.9 Å². The van der Waals surface area contributed by atoms with Gasteiger partial charge in [-0.15, -0.1) is 11.8 Å². The quantitative estimate of drug-likeness (QED) is 0.777. The fourth-order valence-electron chi connectivity index (χ4n) is 2.10. The van der Waals surface area contributed by atoms with Crippen LogP contribution in [0.25, 0.3) is 0 Å². The molecular formula is C16H20F3N. The van der Waals surface area contributed by atoms with E-state index in [9.17, 15) is 13.2 Å². The van der Waals surface area contributed by atoms with Gasteiger partial charge in [-0.2, -0.15) is 13.2 Å². The Labute approximate surface area is 118 Å². The highest BCUT2D eigenvalue weighted by Gasteiger charge is 2.30. The normalized spacial score (nSPS) is 12.7. The van der Waals surface area contributed by atoms with Crippen molar-refractivity contribution in [2.75, 3.05) is 6.54 Å². The maximum atomic E-state index is 12.7. The van der Waals surface area contributed by atoms with Crippen molar-refractivity contribution in [3.8, 4) is 11.8 Å². The molecule has 0 radical (unpaired) electrons. The molecule has 0 amide bonds. The Morgan fingerprint density at radius 1 is 1.30 bits per heavy atom. The molecule has 1 unspecified atom stereocenters. The largest absolute Gasteiger partial charge is 0.416 e. The van der Waals surface area contributed by atoms with Gasteiger partial charge < -0.3 is 5.32 Å². The molecule has 1 N–H and O–H groups in total. The molecule has 1 atom stereocenters. The van der Waals surface area contributed by atoms with Crippen molar-refractivity contribution in [2.24, 2.45) is 0 Å². The molecule has 0 spiro atoms. The van der Waals surface area contributed by atoms with Crippen LogP contribution in [0.1, 0.15) is 37.8 Å². The molecule has 1 nitrogen and oxygen atoms in total. The molecular weight excluding hydrogens is 263 g/mol. The molecule has 110 valence electrons. The molecule has 0 saturated heterocycles. The highest BCUT2D eigenvalue weighted by atomic mass is 19.4. The van der Waals surface area contributed by atoms with E-state index in [1.54, 1.807) is 13.0 Å². The summed E-state index contributed by atoms with van der Waals surface area (Å²) in [4.78, 5) is 0. The first-order valence-corrected chi connectivity index (χ1v) is 6.76. The average molecular weight is 283 g/mol. The van der Waals surface area contributed by atoms with Crippen molar-refractivity contribution < 1.29 is 13.2 Å². The number of nitrogens with one attached hydrogen (secondary N) is 1. The molecule has 0 aliphatic heterocycles. The Morgan fingerprint density at radius 2 is 2.05 bits per heavy atom. The van der Waals surface area contributed by atoms with E-state index in [0.717, 1.165) is 25.5 Å². The van der Waals surface area contributed by atoms with Gasteiger partial charge in [-0.1, -0.05) is 25.1 Å². The molecule has 0 fully saturated rings. The second-order valence-corrected chi connectivity index (χ2v) is 4.62. The van der Waals surface area contributed by atoms with Gasteiger partial charge in [0.05, 0.1) is 5.56 Å². The molecule has 0 saturated carbocycles. The Kier molecular flexibility index (Phi) is 6.60. The Balaban J connectivity index is 2.74. The molecule has 20 heavy (non-hydrogen) atoms. The lowest BCUT2D eigenvalue weighted by molar-refractivity contribution is -0.137. The SMILES string of the molecule is CC#CCCC(Cc1cccc(C(F)(F)F)c1)NCC. The van der Waals surface area contributed by atoms with E-state index in [4.69, 9.17) is 0 Å². The van der Waals surface area contributed by atoms with Gasteiger partial charge in [0.15, 0.2) is 0 Å². The van der Waals surface area contributed by atoms with Gasteiger partial charge in [0.2, 0.25) is 0 Å². The van der Waals surface area contributed by atoms with E-state index in [1.807, 2.05) is 6.92 Å². The standard InChI is InChI=1S/C16H20F3N/c1-3-5-6-10-15(20-4-2)12-13-8-7-9-14(11-13)16(17,18)19/h7-9,11,15,20H,4,6,10,12H2,1-2H3. The van der Waals surface area contributed by atoms with Crippen LogP contribution in [0.3, 0.4) is 0 Å². The van der Waals surface area contributed by atoms with Gasteiger partial charge >= 0.3 is 6.18 Å². The van der Waals surface area contributed by atoms with E-state index < -0.39 is 11.7 Å². The van der Waals surface area contributed by atoms with Crippen LogP contribution in [-0.4, -0.2) is 12.6 Å². The number of benzene rings is 1. The first kappa shape index (κ1) is 16.6.